The number of Topliss-reactive ketones (excluding diaryl/α,β-unsaturated/α-hetero) is 1. The maximum absolute atomic E-state index is 12.5. The van der Waals surface area contributed by atoms with Gasteiger partial charge < -0.3 is 10.1 Å². The fourth-order valence-electron chi connectivity index (χ4n) is 3.46. The first-order valence-electron chi connectivity index (χ1n) is 11.1. The molecule has 0 aliphatic rings. The van der Waals surface area contributed by atoms with Crippen LogP contribution in [-0.2, 0) is 13.0 Å². The second-order valence-corrected chi connectivity index (χ2v) is 8.20. The second-order valence-electron chi connectivity index (χ2n) is 8.20. The molecule has 31 heavy (non-hydrogen) atoms. The molecule has 3 aromatic rings. The number of carbonyl (C=O) groups excluding carboxylic acids is 1. The number of ketones is 1. The third-order valence-electron chi connectivity index (χ3n) is 5.22. The van der Waals surface area contributed by atoms with Crippen LogP contribution in [0.25, 0.3) is 0 Å². The summed E-state index contributed by atoms with van der Waals surface area (Å²) in [6, 6.07) is 19.6. The molecule has 4 heteroatoms. The molecule has 0 atom stereocenters. The highest BCUT2D eigenvalue weighted by Crippen LogP contribution is 2.27. The Morgan fingerprint density at radius 2 is 1.94 bits per heavy atom. The lowest BCUT2D eigenvalue weighted by Crippen LogP contribution is -2.02. The van der Waals surface area contributed by atoms with E-state index in [1.165, 1.54) is 0 Å². The summed E-state index contributed by atoms with van der Waals surface area (Å²) in [5.74, 6) is 1.66. The van der Waals surface area contributed by atoms with E-state index in [4.69, 9.17) is 4.74 Å². The molecular weight excluding hydrogens is 384 g/mol. The van der Waals surface area contributed by atoms with Gasteiger partial charge in [0.1, 0.15) is 12.4 Å². The topological polar surface area (TPSA) is 51.2 Å². The number of nitrogens with one attached hydrogen (secondary N) is 1. The normalized spacial score (nSPS) is 10.8. The fraction of sp³-hybridized carbons (Fsp3) is 0.333. The molecule has 2 aromatic carbocycles. The van der Waals surface area contributed by atoms with Crippen LogP contribution in [0.2, 0.25) is 0 Å². The average Bonchev–Trinajstić information content (AvgIpc) is 2.79. The van der Waals surface area contributed by atoms with Crippen LogP contribution < -0.4 is 10.1 Å². The van der Waals surface area contributed by atoms with Crippen LogP contribution in [0.4, 0.5) is 11.4 Å². The van der Waals surface area contributed by atoms with E-state index < -0.39 is 0 Å². The number of aryl methyl sites for hydroxylation is 1. The highest BCUT2D eigenvalue weighted by molar-refractivity contribution is 5.97. The molecule has 0 radical (unpaired) electrons. The number of carbonyl (C=O) groups is 1. The van der Waals surface area contributed by atoms with Gasteiger partial charge in [0, 0.05) is 29.6 Å². The molecule has 1 N–H and O–H groups in total. The molecule has 0 fully saturated rings. The van der Waals surface area contributed by atoms with Crippen molar-refractivity contribution in [2.24, 2.45) is 5.92 Å². The van der Waals surface area contributed by atoms with Crippen LogP contribution >= 0.6 is 0 Å². The SMILES string of the molecule is CCc1cc(OCc2ccccn2)ccc1Nc1cccc(C(=O)CCCC(C)C)c1. The Kier molecular flexibility index (Phi) is 8.22. The van der Waals surface area contributed by atoms with E-state index in [9.17, 15) is 4.79 Å². The summed E-state index contributed by atoms with van der Waals surface area (Å²) in [6.45, 7) is 6.94. The van der Waals surface area contributed by atoms with Gasteiger partial charge in [-0.05, 0) is 66.8 Å². The Morgan fingerprint density at radius 3 is 2.68 bits per heavy atom. The minimum atomic E-state index is 0.207. The summed E-state index contributed by atoms with van der Waals surface area (Å²) in [7, 11) is 0. The number of rotatable bonds is 11. The van der Waals surface area contributed by atoms with Crippen molar-refractivity contribution in [2.75, 3.05) is 5.32 Å². The largest absolute Gasteiger partial charge is 0.487 e. The Balaban J connectivity index is 1.65. The van der Waals surface area contributed by atoms with Gasteiger partial charge >= 0.3 is 0 Å². The highest BCUT2D eigenvalue weighted by atomic mass is 16.5. The average molecular weight is 417 g/mol. The molecule has 0 unspecified atom stereocenters. The second kappa shape index (κ2) is 11.3. The number of nitrogens with zero attached hydrogens (tertiary/aromatic N) is 1. The Bertz CT molecular complexity index is 984. The van der Waals surface area contributed by atoms with Gasteiger partial charge in [0.15, 0.2) is 5.78 Å². The highest BCUT2D eigenvalue weighted by Gasteiger charge is 2.09. The molecule has 1 aromatic heterocycles. The van der Waals surface area contributed by atoms with Gasteiger partial charge in [0.2, 0.25) is 0 Å². The molecule has 162 valence electrons. The van der Waals surface area contributed by atoms with E-state index in [0.29, 0.717) is 18.9 Å². The fourth-order valence-corrected chi connectivity index (χ4v) is 3.46. The predicted octanol–water partition coefficient (Wildman–Crippen LogP) is 6.98. The van der Waals surface area contributed by atoms with E-state index in [0.717, 1.165) is 53.2 Å². The van der Waals surface area contributed by atoms with E-state index in [-0.39, 0.29) is 5.78 Å². The minimum absolute atomic E-state index is 0.207. The lowest BCUT2D eigenvalue weighted by molar-refractivity contribution is 0.0978. The summed E-state index contributed by atoms with van der Waals surface area (Å²) in [6.07, 6.45) is 5.26. The summed E-state index contributed by atoms with van der Waals surface area (Å²) >= 11 is 0. The van der Waals surface area contributed by atoms with E-state index in [2.05, 4.69) is 37.1 Å². The van der Waals surface area contributed by atoms with Crippen LogP contribution in [0.5, 0.6) is 5.75 Å². The first kappa shape index (κ1) is 22.5. The molecule has 0 amide bonds. The van der Waals surface area contributed by atoms with Crippen LogP contribution in [0.15, 0.2) is 66.9 Å². The molecule has 1 heterocycles. The third kappa shape index (κ3) is 6.95. The number of hydrogen-bond donors (Lipinski definition) is 1. The Labute approximate surface area is 185 Å². The molecule has 0 bridgehead atoms. The summed E-state index contributed by atoms with van der Waals surface area (Å²) in [5, 5.41) is 3.47. The van der Waals surface area contributed by atoms with Crippen molar-refractivity contribution in [1.82, 2.24) is 4.98 Å². The third-order valence-corrected chi connectivity index (χ3v) is 5.22. The molecule has 0 aliphatic carbocycles. The van der Waals surface area contributed by atoms with Gasteiger partial charge in [0.05, 0.1) is 5.69 Å². The molecule has 4 nitrogen and oxygen atoms in total. The molecule has 3 rings (SSSR count). The van der Waals surface area contributed by atoms with Crippen molar-refractivity contribution >= 4 is 17.2 Å². The van der Waals surface area contributed by atoms with Crippen molar-refractivity contribution < 1.29 is 9.53 Å². The quantitative estimate of drug-likeness (QED) is 0.343. The maximum atomic E-state index is 12.5. The van der Waals surface area contributed by atoms with Crippen molar-refractivity contribution in [3.05, 3.63) is 83.7 Å². The number of benzene rings is 2. The van der Waals surface area contributed by atoms with Crippen LogP contribution in [0, 0.1) is 5.92 Å². The van der Waals surface area contributed by atoms with Crippen molar-refractivity contribution in [3.8, 4) is 5.75 Å². The van der Waals surface area contributed by atoms with Crippen LogP contribution in [-0.4, -0.2) is 10.8 Å². The zero-order chi connectivity index (χ0) is 22.1. The van der Waals surface area contributed by atoms with Gasteiger partial charge in [-0.1, -0.05) is 45.4 Å². The summed E-state index contributed by atoms with van der Waals surface area (Å²) in [5.41, 5.74) is 4.77. The number of anilines is 2. The van der Waals surface area contributed by atoms with Gasteiger partial charge in [-0.25, -0.2) is 0 Å². The van der Waals surface area contributed by atoms with Gasteiger partial charge in [0.25, 0.3) is 0 Å². The van der Waals surface area contributed by atoms with Crippen LogP contribution in [0.1, 0.15) is 61.6 Å². The van der Waals surface area contributed by atoms with Crippen molar-refractivity contribution in [1.29, 1.82) is 0 Å². The number of pyridine rings is 1. The lowest BCUT2D eigenvalue weighted by Gasteiger charge is -2.14. The summed E-state index contributed by atoms with van der Waals surface area (Å²) in [4.78, 5) is 16.8. The minimum Gasteiger partial charge on any atom is -0.487 e. The molecule has 0 aliphatic heterocycles. The Morgan fingerprint density at radius 1 is 1.06 bits per heavy atom. The molecule has 0 spiro atoms. The Hall–Kier alpha value is -3.14. The zero-order valence-corrected chi connectivity index (χ0v) is 18.7. The zero-order valence-electron chi connectivity index (χ0n) is 18.7. The van der Waals surface area contributed by atoms with E-state index >= 15 is 0 Å². The predicted molar refractivity (Wildman–Crippen MR) is 127 cm³/mol. The van der Waals surface area contributed by atoms with Crippen molar-refractivity contribution in [3.63, 3.8) is 0 Å². The first-order chi connectivity index (χ1) is 15.0. The van der Waals surface area contributed by atoms with Gasteiger partial charge in [-0.15, -0.1) is 0 Å². The monoisotopic (exact) mass is 416 g/mol. The van der Waals surface area contributed by atoms with E-state index in [1.807, 2.05) is 54.6 Å². The van der Waals surface area contributed by atoms with Gasteiger partial charge in [-0.3, -0.25) is 9.78 Å². The van der Waals surface area contributed by atoms with E-state index in [1.54, 1.807) is 6.20 Å². The molecule has 0 saturated heterocycles. The number of ether oxygens (including phenoxy) is 1. The summed E-state index contributed by atoms with van der Waals surface area (Å²) < 4.78 is 5.91. The number of aromatic nitrogens is 1. The molecular formula is C27H32N2O2. The van der Waals surface area contributed by atoms with Gasteiger partial charge in [-0.2, -0.15) is 0 Å². The standard InChI is InChI=1S/C27H32N2O2/c1-4-21-18-25(31-19-24-11-5-6-16-28-24)14-15-26(21)29-23-12-8-10-22(17-23)27(30)13-7-9-20(2)3/h5-6,8,10-12,14-18,20,29H,4,7,9,13,19H2,1-3H3. The smallest absolute Gasteiger partial charge is 0.162 e. The van der Waals surface area contributed by atoms with Crippen molar-refractivity contribution in [2.45, 2.75) is 53.1 Å². The van der Waals surface area contributed by atoms with Crippen LogP contribution in [0.3, 0.4) is 0 Å². The maximum Gasteiger partial charge on any atom is 0.162 e. The number of hydrogen-bond acceptors (Lipinski definition) is 4. The molecule has 0 saturated carbocycles. The lowest BCUT2D eigenvalue weighted by atomic mass is 10.0. The first-order valence-corrected chi connectivity index (χ1v) is 11.1.